The van der Waals surface area contributed by atoms with Crippen LogP contribution in [0.15, 0.2) is 54.6 Å². The summed E-state index contributed by atoms with van der Waals surface area (Å²) >= 11 is 0. The second-order valence-corrected chi connectivity index (χ2v) is 7.39. The number of nitriles is 1. The van der Waals surface area contributed by atoms with Crippen LogP contribution in [0, 0.1) is 17.1 Å². The highest BCUT2D eigenvalue weighted by Crippen LogP contribution is 2.36. The van der Waals surface area contributed by atoms with Crippen LogP contribution >= 0.6 is 0 Å². The van der Waals surface area contributed by atoms with Crippen molar-refractivity contribution in [3.8, 4) is 17.6 Å². The van der Waals surface area contributed by atoms with Crippen molar-refractivity contribution in [3.63, 3.8) is 0 Å². The van der Waals surface area contributed by atoms with Gasteiger partial charge in [-0.2, -0.15) is 5.26 Å². The van der Waals surface area contributed by atoms with Crippen molar-refractivity contribution in [1.82, 2.24) is 4.98 Å². The second kappa shape index (κ2) is 10.5. The lowest BCUT2D eigenvalue weighted by Crippen LogP contribution is -2.17. The van der Waals surface area contributed by atoms with Crippen LogP contribution in [0.1, 0.15) is 43.6 Å². The van der Waals surface area contributed by atoms with Crippen LogP contribution in [0.4, 0.5) is 15.9 Å². The van der Waals surface area contributed by atoms with Crippen LogP contribution < -0.4 is 20.1 Å². The van der Waals surface area contributed by atoms with Gasteiger partial charge < -0.3 is 20.1 Å². The Morgan fingerprint density at radius 2 is 1.88 bits per heavy atom. The maximum atomic E-state index is 15.7. The SMILES string of the molecule is CCOc1cc(OC(C)C)c(F)c(C(Nc2ccc(C#N)cc2)c2cccc(NC)n2)c1. The van der Waals surface area contributed by atoms with Gasteiger partial charge in [-0.15, -0.1) is 0 Å². The highest BCUT2D eigenvalue weighted by Gasteiger charge is 2.24. The van der Waals surface area contributed by atoms with Crippen LogP contribution in [0.5, 0.6) is 11.5 Å². The average Bonchev–Trinajstić information content (AvgIpc) is 2.80. The fourth-order valence-electron chi connectivity index (χ4n) is 3.26. The molecule has 7 heteroatoms. The Morgan fingerprint density at radius 3 is 2.50 bits per heavy atom. The van der Waals surface area contributed by atoms with Gasteiger partial charge in [0.05, 0.1) is 36.1 Å². The first-order chi connectivity index (χ1) is 15.4. The lowest BCUT2D eigenvalue weighted by Gasteiger charge is -2.23. The van der Waals surface area contributed by atoms with E-state index in [0.717, 1.165) is 5.69 Å². The van der Waals surface area contributed by atoms with Gasteiger partial charge in [0.15, 0.2) is 11.6 Å². The minimum absolute atomic E-state index is 0.123. The minimum Gasteiger partial charge on any atom is -0.494 e. The third-order valence-electron chi connectivity index (χ3n) is 4.67. The summed E-state index contributed by atoms with van der Waals surface area (Å²) in [6.07, 6.45) is -0.204. The summed E-state index contributed by atoms with van der Waals surface area (Å²) in [4.78, 5) is 4.63. The third kappa shape index (κ3) is 5.46. The molecule has 1 unspecified atom stereocenters. The number of hydrogen-bond donors (Lipinski definition) is 2. The number of ether oxygens (including phenoxy) is 2. The molecule has 166 valence electrons. The average molecular weight is 435 g/mol. The largest absolute Gasteiger partial charge is 0.494 e. The van der Waals surface area contributed by atoms with Crippen molar-refractivity contribution >= 4 is 11.5 Å². The highest BCUT2D eigenvalue weighted by molar-refractivity contribution is 5.54. The molecule has 0 fully saturated rings. The zero-order valence-electron chi connectivity index (χ0n) is 18.6. The lowest BCUT2D eigenvalue weighted by molar-refractivity contribution is 0.228. The van der Waals surface area contributed by atoms with Crippen LogP contribution in [0.2, 0.25) is 0 Å². The Morgan fingerprint density at radius 1 is 1.12 bits per heavy atom. The van der Waals surface area contributed by atoms with Gasteiger partial charge in [0, 0.05) is 24.4 Å². The molecule has 0 aliphatic heterocycles. The maximum Gasteiger partial charge on any atom is 0.171 e. The predicted molar refractivity (Wildman–Crippen MR) is 124 cm³/mol. The molecule has 0 spiro atoms. The van der Waals surface area contributed by atoms with E-state index in [9.17, 15) is 0 Å². The van der Waals surface area contributed by atoms with Crippen molar-refractivity contribution in [2.75, 3.05) is 24.3 Å². The molecule has 1 heterocycles. The van der Waals surface area contributed by atoms with E-state index in [2.05, 4.69) is 21.7 Å². The molecule has 0 bridgehead atoms. The first-order valence-electron chi connectivity index (χ1n) is 10.5. The molecule has 0 aliphatic carbocycles. The number of nitrogens with zero attached hydrogens (tertiary/aromatic N) is 2. The van der Waals surface area contributed by atoms with Gasteiger partial charge in [-0.1, -0.05) is 6.07 Å². The molecule has 2 N–H and O–H groups in total. The van der Waals surface area contributed by atoms with E-state index in [-0.39, 0.29) is 11.9 Å². The maximum absolute atomic E-state index is 15.7. The van der Waals surface area contributed by atoms with E-state index in [1.165, 1.54) is 0 Å². The molecule has 0 saturated heterocycles. The van der Waals surface area contributed by atoms with Gasteiger partial charge in [0.1, 0.15) is 11.6 Å². The van der Waals surface area contributed by atoms with Crippen LogP contribution in [-0.4, -0.2) is 24.7 Å². The van der Waals surface area contributed by atoms with Crippen LogP contribution in [0.25, 0.3) is 0 Å². The van der Waals surface area contributed by atoms with E-state index in [1.54, 1.807) is 43.4 Å². The second-order valence-electron chi connectivity index (χ2n) is 7.39. The van der Waals surface area contributed by atoms with E-state index >= 15 is 4.39 Å². The summed E-state index contributed by atoms with van der Waals surface area (Å²) in [6.45, 7) is 6.00. The highest BCUT2D eigenvalue weighted by atomic mass is 19.1. The van der Waals surface area contributed by atoms with Gasteiger partial charge in [-0.25, -0.2) is 9.37 Å². The smallest absolute Gasteiger partial charge is 0.171 e. The topological polar surface area (TPSA) is 79.2 Å². The molecule has 6 nitrogen and oxygen atoms in total. The van der Waals surface area contributed by atoms with E-state index < -0.39 is 11.9 Å². The van der Waals surface area contributed by atoms with Gasteiger partial charge in [0.25, 0.3) is 0 Å². The van der Waals surface area contributed by atoms with Crippen molar-refractivity contribution < 1.29 is 13.9 Å². The fourth-order valence-corrected chi connectivity index (χ4v) is 3.26. The first-order valence-corrected chi connectivity index (χ1v) is 10.5. The molecule has 0 saturated carbocycles. The molecule has 32 heavy (non-hydrogen) atoms. The van der Waals surface area contributed by atoms with Crippen LogP contribution in [0.3, 0.4) is 0 Å². The van der Waals surface area contributed by atoms with Gasteiger partial charge in [-0.05, 0) is 63.2 Å². The van der Waals surface area contributed by atoms with Crippen molar-refractivity contribution in [3.05, 3.63) is 77.2 Å². The molecule has 0 radical (unpaired) electrons. The third-order valence-corrected chi connectivity index (χ3v) is 4.67. The molecule has 1 atom stereocenters. The lowest BCUT2D eigenvalue weighted by atomic mass is 10.0. The Bertz CT molecular complexity index is 1090. The molecular weight excluding hydrogens is 407 g/mol. The molecule has 0 amide bonds. The Balaban J connectivity index is 2.14. The number of anilines is 2. The van der Waals surface area contributed by atoms with Crippen LogP contribution in [-0.2, 0) is 0 Å². The van der Waals surface area contributed by atoms with E-state index in [4.69, 9.17) is 14.7 Å². The van der Waals surface area contributed by atoms with Crippen molar-refractivity contribution in [2.45, 2.75) is 32.9 Å². The van der Waals surface area contributed by atoms with E-state index in [1.807, 2.05) is 39.0 Å². The summed E-state index contributed by atoms with van der Waals surface area (Å²) in [5.41, 5.74) is 2.22. The summed E-state index contributed by atoms with van der Waals surface area (Å²) < 4.78 is 27.1. The Kier molecular flexibility index (Phi) is 7.50. The summed E-state index contributed by atoms with van der Waals surface area (Å²) in [6, 6.07) is 17.2. The van der Waals surface area contributed by atoms with Gasteiger partial charge in [-0.3, -0.25) is 0 Å². The molecule has 0 aliphatic rings. The zero-order valence-corrected chi connectivity index (χ0v) is 18.6. The summed E-state index contributed by atoms with van der Waals surface area (Å²) in [5.74, 6) is 0.812. The number of halogens is 1. The zero-order chi connectivity index (χ0) is 23.1. The van der Waals surface area contributed by atoms with Gasteiger partial charge in [0.2, 0.25) is 0 Å². The number of pyridine rings is 1. The number of rotatable bonds is 9. The normalized spacial score (nSPS) is 11.5. The quantitative estimate of drug-likeness (QED) is 0.462. The molecule has 1 aromatic heterocycles. The van der Waals surface area contributed by atoms with Crippen molar-refractivity contribution in [2.24, 2.45) is 0 Å². The van der Waals surface area contributed by atoms with Crippen molar-refractivity contribution in [1.29, 1.82) is 5.26 Å². The predicted octanol–water partition coefficient (Wildman–Crippen LogP) is 5.52. The Labute approximate surface area is 188 Å². The monoisotopic (exact) mass is 434 g/mol. The summed E-state index contributed by atoms with van der Waals surface area (Å²) in [5, 5.41) is 15.5. The summed E-state index contributed by atoms with van der Waals surface area (Å²) in [7, 11) is 1.78. The fraction of sp³-hybridized carbons (Fsp3) is 0.280. The molecule has 3 aromatic rings. The number of aromatic nitrogens is 1. The van der Waals surface area contributed by atoms with E-state index in [0.29, 0.717) is 35.0 Å². The standard InChI is InChI=1S/C25H27FN4O2/c1-5-31-19-13-20(24(26)22(14-19)32-16(2)3)25(21-7-6-8-23(28-4)30-21)29-18-11-9-17(15-27)10-12-18/h6-14,16,25,29H,5H2,1-4H3,(H,28,30). The van der Waals surface area contributed by atoms with Gasteiger partial charge >= 0.3 is 0 Å². The molecular formula is C25H27FN4O2. The number of hydrogen-bond acceptors (Lipinski definition) is 6. The number of nitrogens with one attached hydrogen (secondary N) is 2. The number of benzene rings is 2. The molecule has 2 aromatic carbocycles. The molecule has 3 rings (SSSR count). The Hall–Kier alpha value is -3.79. The first kappa shape index (κ1) is 22.9. The minimum atomic E-state index is -0.633.